The van der Waals surface area contributed by atoms with Crippen LogP contribution in [0.2, 0.25) is 0 Å². The molecule has 5 aromatic heterocycles. The predicted molar refractivity (Wildman–Crippen MR) is 557 cm³/mol. The van der Waals surface area contributed by atoms with E-state index in [1.807, 2.05) is 146 Å². The maximum atomic E-state index is 12.9. The van der Waals surface area contributed by atoms with Crippen LogP contribution in [0.15, 0.2) is 134 Å². The summed E-state index contributed by atoms with van der Waals surface area (Å²) >= 11 is 0. The quantitative estimate of drug-likeness (QED) is 0.0161. The molecule has 10 heterocycles. The highest BCUT2D eigenvalue weighted by molar-refractivity contribution is 5.90. The van der Waals surface area contributed by atoms with Crippen molar-refractivity contribution in [1.29, 1.82) is 26.3 Å². The van der Waals surface area contributed by atoms with Crippen molar-refractivity contribution in [3.05, 3.63) is 173 Å². The molecule has 8 atom stereocenters. The molecule has 0 radical (unpaired) electrons. The van der Waals surface area contributed by atoms with Crippen LogP contribution in [0.25, 0.3) is 44.1 Å². The first-order valence-corrected chi connectivity index (χ1v) is 51.5. The minimum absolute atomic E-state index is 0.00795. The summed E-state index contributed by atoms with van der Waals surface area (Å²) in [5.74, 6) is -4.97. The molecule has 6 fully saturated rings. The third-order valence-electron chi connectivity index (χ3n) is 27.4. The number of piperazine rings is 5. The molecular weight excluding hydrogens is 1870 g/mol. The van der Waals surface area contributed by atoms with Gasteiger partial charge in [0.25, 0.3) is 0 Å². The van der Waals surface area contributed by atoms with Crippen molar-refractivity contribution in [1.82, 2.24) is 76.4 Å². The molecule has 0 bridgehead atoms. The van der Waals surface area contributed by atoms with Gasteiger partial charge < -0.3 is 84.6 Å². The number of aliphatic hydroxyl groups is 1. The van der Waals surface area contributed by atoms with Crippen molar-refractivity contribution in [2.45, 2.75) is 187 Å². The third kappa shape index (κ3) is 30.4. The smallest absolute Gasteiger partial charge is 0.330 e. The molecule has 0 spiro atoms. The number of ether oxygens (including phenoxy) is 6. The highest BCUT2D eigenvalue weighted by atomic mass is 16.6. The Morgan fingerprint density at radius 1 is 0.381 bits per heavy atom. The van der Waals surface area contributed by atoms with Gasteiger partial charge in [0.15, 0.2) is 58.7 Å². The molecule has 38 heteroatoms. The zero-order valence-corrected chi connectivity index (χ0v) is 85.7. The van der Waals surface area contributed by atoms with E-state index in [2.05, 4.69) is 131 Å². The Kier molecular flexibility index (Phi) is 43.5. The minimum Gasteiger partial charge on any atom is -0.468 e. The Bertz CT molecular complexity index is 6090. The van der Waals surface area contributed by atoms with Gasteiger partial charge in [0, 0.05) is 136 Å². The van der Waals surface area contributed by atoms with Gasteiger partial charge >= 0.3 is 35.8 Å². The van der Waals surface area contributed by atoms with Crippen LogP contribution >= 0.6 is 0 Å². The molecule has 38 nitrogen and oxygen atoms in total. The molecule has 1 saturated carbocycles. The Morgan fingerprint density at radius 3 is 1.08 bits per heavy atom. The number of fused-ring (bicyclic) bond motifs is 4. The molecular formula is C109H137N25O13. The maximum Gasteiger partial charge on any atom is 0.330 e. The summed E-state index contributed by atoms with van der Waals surface area (Å²) in [5.41, 5.74) is 9.06. The van der Waals surface area contributed by atoms with E-state index in [1.165, 1.54) is 32.6 Å². The maximum absolute atomic E-state index is 12.9. The average Bonchev–Trinajstić information content (AvgIpc) is 0.787. The van der Waals surface area contributed by atoms with Crippen LogP contribution in [-0.4, -0.2) is 260 Å². The fraction of sp³-hybridized carbons (Fsp3) is 0.514. The van der Waals surface area contributed by atoms with Crippen LogP contribution < -0.4 is 51.1 Å². The molecule has 16 rings (SSSR count). The molecule has 6 N–H and O–H groups in total. The molecule has 776 valence electrons. The fourth-order valence-corrected chi connectivity index (χ4v) is 18.0. The van der Waals surface area contributed by atoms with E-state index in [1.54, 1.807) is 12.3 Å². The molecule has 1 aliphatic carbocycles. The van der Waals surface area contributed by atoms with Crippen molar-refractivity contribution < 1.29 is 62.3 Å². The van der Waals surface area contributed by atoms with E-state index in [0.717, 1.165) is 152 Å². The molecule has 147 heavy (non-hydrogen) atoms. The Labute approximate surface area is 859 Å². The summed E-state index contributed by atoms with van der Waals surface area (Å²) in [4.78, 5) is 132. The van der Waals surface area contributed by atoms with Crippen molar-refractivity contribution in [3.63, 3.8) is 0 Å². The number of hydrogen-bond donors (Lipinski definition) is 6. The van der Waals surface area contributed by atoms with Crippen LogP contribution in [0.1, 0.15) is 195 Å². The number of aryl methyl sites for hydroxylation is 1. The van der Waals surface area contributed by atoms with Gasteiger partial charge in [-0.15, -0.1) is 0 Å². The largest absolute Gasteiger partial charge is 0.468 e. The number of aliphatic hydroxyl groups excluding tert-OH is 1. The van der Waals surface area contributed by atoms with Crippen LogP contribution in [-0.2, 0) is 63.8 Å². The number of para-hydroxylation sites is 8. The number of hydrogen-bond acceptors (Lipinski definition) is 38. The molecule has 5 aliphatic heterocycles. The first-order valence-electron chi connectivity index (χ1n) is 51.5. The monoisotopic (exact) mass is 2000 g/mol. The molecule has 8 unspecified atom stereocenters. The first kappa shape index (κ1) is 111. The fourth-order valence-electron chi connectivity index (χ4n) is 18.0. The number of carbonyl (C=O) groups excluding carboxylic acids is 6. The molecule has 5 aromatic carbocycles. The Balaban J connectivity index is 0.000000164. The summed E-state index contributed by atoms with van der Waals surface area (Å²) in [6.07, 6.45) is 15.4. The summed E-state index contributed by atoms with van der Waals surface area (Å²) < 4.78 is 32.3. The minimum atomic E-state index is -1.22. The lowest BCUT2D eigenvalue weighted by Crippen LogP contribution is -2.55. The molecule has 10 aromatic rings. The highest BCUT2D eigenvalue weighted by Gasteiger charge is 2.39. The second-order valence-corrected chi connectivity index (χ2v) is 37.2. The van der Waals surface area contributed by atoms with Gasteiger partial charge in [0.05, 0.1) is 115 Å². The summed E-state index contributed by atoms with van der Waals surface area (Å²) in [6.45, 7) is 29.7. The van der Waals surface area contributed by atoms with Crippen LogP contribution in [0.5, 0.6) is 0 Å². The van der Waals surface area contributed by atoms with Gasteiger partial charge in [-0.2, -0.15) is 26.3 Å². The number of nitrogens with one attached hydrogen (secondary N) is 5. The SMILES string of the molecule is CCC(CC)COC(=O)C(C#N)c1nc2ccccc2nc1N1CCNC(C(=O)OC)C1.CCC(CC)COC(=O)C(C#N)c1nc2ccccc2nc1N1CCNC(CC)C1.CCC(CC)COC(=O)C(C#N)c1nc2ccccc2nc1N1CCNC(CO)C1.Cc1ccc(COC(=O)C(C#N)c2nc3ccccc3nc2N2CCNCC2)cc1.N#CC(C(=O)OCC1CCCCC1)c1nccnc1N1CCNCC1. The number of rotatable bonds is 34. The zero-order valence-electron chi connectivity index (χ0n) is 85.7. The topological polar surface area (TPSA) is 502 Å². The van der Waals surface area contributed by atoms with Crippen LogP contribution in [0.4, 0.5) is 29.1 Å². The number of benzene rings is 5. The van der Waals surface area contributed by atoms with Crippen molar-refractivity contribution >= 4 is 109 Å². The number of esters is 6. The summed E-state index contributed by atoms with van der Waals surface area (Å²) in [7, 11) is 1.34. The number of anilines is 5. The number of methoxy groups -OCH3 is 1. The van der Waals surface area contributed by atoms with Crippen LogP contribution in [0, 0.1) is 87.3 Å². The molecule has 5 saturated heterocycles. The number of aromatic nitrogens is 10. The Morgan fingerprint density at radius 2 is 0.707 bits per heavy atom. The van der Waals surface area contributed by atoms with Gasteiger partial charge in [-0.25, -0.2) is 44.9 Å². The second kappa shape index (κ2) is 57.5. The second-order valence-electron chi connectivity index (χ2n) is 37.2. The van der Waals surface area contributed by atoms with Gasteiger partial charge in [0.2, 0.25) is 0 Å². The molecule has 6 aliphatic rings. The number of nitriles is 5. The summed E-state index contributed by atoms with van der Waals surface area (Å²) in [6, 6.07) is 47.5. The van der Waals surface area contributed by atoms with Crippen molar-refractivity contribution in [3.8, 4) is 30.3 Å². The van der Waals surface area contributed by atoms with E-state index in [-0.39, 0.29) is 55.9 Å². The highest BCUT2D eigenvalue weighted by Crippen LogP contribution is 2.37. The van der Waals surface area contributed by atoms with Gasteiger partial charge in [-0.05, 0) is 104 Å². The van der Waals surface area contributed by atoms with Gasteiger partial charge in [-0.1, -0.05) is 185 Å². The van der Waals surface area contributed by atoms with E-state index in [4.69, 9.17) is 53.3 Å². The van der Waals surface area contributed by atoms with Gasteiger partial charge in [-0.3, -0.25) is 33.8 Å². The van der Waals surface area contributed by atoms with E-state index < -0.39 is 65.5 Å². The zero-order chi connectivity index (χ0) is 105. The van der Waals surface area contributed by atoms with E-state index in [0.29, 0.717) is 155 Å². The lowest BCUT2D eigenvalue weighted by atomic mass is 9.90. The molecule has 0 amide bonds. The predicted octanol–water partition coefficient (Wildman–Crippen LogP) is 11.9. The Hall–Kier alpha value is -14.4. The number of carbonyl (C=O) groups is 6. The van der Waals surface area contributed by atoms with E-state index >= 15 is 0 Å². The lowest BCUT2D eigenvalue weighted by molar-refractivity contribution is -0.146. The number of nitrogens with zero attached hydrogens (tertiary/aromatic N) is 20. The standard InChI is InChI=1S/C23H29N5O4.C23H23N5O2.C23H31N5O2.C22H29N5O3.C18H25N5O2/c1-4-15(5-2)14-32-22(29)16(12-24)20-21(27-18-9-7-6-8-17(18)26-20)28-11-10-25-19(13-28)23(30)31-3;1-16-6-8-17(9-7-16)15-30-23(29)18(14-24)21-22(28-12-10-25-11-13-28)27-20-5-3-2-4-19(20)26-21;1-4-16(5-2)15-30-23(29)18(13-24)21-22(28-12-11-25-17(6-3)14-28)27-20-10-8-7-9-19(20)26-21;1-3-15(4-2)14-30-22(29)17(11-23)20-21(27-10-9-24-16(12-27)13-28)26-19-8-6-5-7-18(19)25-20;19-12-15(18(24)25-13-14-4-2-1-3-5-14)16-17(22-7-6-21-16)23-10-8-20-9-11-23/h6-9,15-16,19,25H,4-5,10-11,13-14H2,1-3H3;2-9,18,25H,10-13,15H2,1H3;7-10,16-18,25H,4-6,11-12,14-15H2,1-3H3;5-8,15-17,24,28H,3-4,9-10,12-14H2,1-2H3;6-7,14-15,20H,1-5,8-11,13H2. The lowest BCUT2D eigenvalue weighted by Gasteiger charge is -2.35. The summed E-state index contributed by atoms with van der Waals surface area (Å²) in [5, 5.41) is 75.0. The normalized spacial score (nSPS) is 17.4. The first-order chi connectivity index (χ1) is 71.7. The van der Waals surface area contributed by atoms with Gasteiger partial charge in [0.1, 0.15) is 41.1 Å². The van der Waals surface area contributed by atoms with Crippen molar-refractivity contribution in [2.24, 2.45) is 23.7 Å². The van der Waals surface area contributed by atoms with Crippen LogP contribution in [0.3, 0.4) is 0 Å². The average molecular weight is 2010 g/mol. The van der Waals surface area contributed by atoms with E-state index in [9.17, 15) is 60.2 Å². The van der Waals surface area contributed by atoms with Crippen molar-refractivity contribution in [2.75, 3.05) is 176 Å². The third-order valence-corrected chi connectivity index (χ3v) is 27.4.